The zero-order chi connectivity index (χ0) is 20.1. The Labute approximate surface area is 176 Å². The summed E-state index contributed by atoms with van der Waals surface area (Å²) in [5.74, 6) is 2.70. The molecule has 1 aromatic heterocycles. The number of methoxy groups -OCH3 is 1. The fourth-order valence-corrected chi connectivity index (χ4v) is 5.19. The van der Waals surface area contributed by atoms with Crippen molar-refractivity contribution >= 4 is 16.5 Å². The lowest BCUT2D eigenvalue weighted by Gasteiger charge is -2.26. The summed E-state index contributed by atoms with van der Waals surface area (Å²) in [6.07, 6.45) is 8.47. The SMILES string of the molecule is COc1ccc2cc3[n+](cc2c1N1CCCCCC1)CCc1cc2c(cc1-3)OCO2. The summed E-state index contributed by atoms with van der Waals surface area (Å²) in [6, 6.07) is 11.0. The van der Waals surface area contributed by atoms with E-state index in [0.717, 1.165) is 43.3 Å². The Bertz CT molecular complexity index is 1130. The van der Waals surface area contributed by atoms with Crippen LogP contribution in [-0.2, 0) is 13.0 Å². The summed E-state index contributed by atoms with van der Waals surface area (Å²) in [4.78, 5) is 2.54. The van der Waals surface area contributed by atoms with Crippen LogP contribution in [0, 0.1) is 0 Å². The van der Waals surface area contributed by atoms with Gasteiger partial charge in [0, 0.05) is 25.6 Å². The highest BCUT2D eigenvalue weighted by atomic mass is 16.7. The van der Waals surface area contributed by atoms with Gasteiger partial charge in [-0.05, 0) is 42.0 Å². The van der Waals surface area contributed by atoms with Crippen LogP contribution in [0.15, 0.2) is 36.5 Å². The number of aromatic nitrogens is 1. The van der Waals surface area contributed by atoms with Crippen LogP contribution in [0.5, 0.6) is 17.2 Å². The molecule has 1 fully saturated rings. The van der Waals surface area contributed by atoms with Gasteiger partial charge in [0.05, 0.1) is 23.7 Å². The van der Waals surface area contributed by atoms with E-state index in [1.165, 1.54) is 59.0 Å². The molecule has 0 amide bonds. The summed E-state index contributed by atoms with van der Waals surface area (Å²) in [5.41, 5.74) is 5.08. The Balaban J connectivity index is 1.53. The number of aryl methyl sites for hydroxylation is 2. The lowest BCUT2D eigenvalue weighted by atomic mass is 9.95. The fourth-order valence-electron chi connectivity index (χ4n) is 5.19. The Kier molecular flexibility index (Phi) is 4.22. The third-order valence-electron chi connectivity index (χ3n) is 6.74. The molecule has 30 heavy (non-hydrogen) atoms. The molecule has 0 spiro atoms. The van der Waals surface area contributed by atoms with Gasteiger partial charge in [-0.1, -0.05) is 18.9 Å². The number of anilines is 1. The maximum atomic E-state index is 5.82. The highest BCUT2D eigenvalue weighted by molar-refractivity contribution is 5.98. The smallest absolute Gasteiger partial charge is 0.231 e. The third-order valence-corrected chi connectivity index (χ3v) is 6.74. The van der Waals surface area contributed by atoms with Gasteiger partial charge in [0.25, 0.3) is 0 Å². The van der Waals surface area contributed by atoms with Gasteiger partial charge in [-0.15, -0.1) is 0 Å². The van der Waals surface area contributed by atoms with Gasteiger partial charge in [-0.25, -0.2) is 0 Å². The van der Waals surface area contributed by atoms with Gasteiger partial charge >= 0.3 is 0 Å². The molecule has 0 unspecified atom stereocenters. The minimum atomic E-state index is 0.314. The van der Waals surface area contributed by atoms with E-state index in [4.69, 9.17) is 14.2 Å². The predicted octanol–water partition coefficient (Wildman–Crippen LogP) is 4.47. The second kappa shape index (κ2) is 7.08. The molecule has 1 saturated heterocycles. The molecule has 4 heterocycles. The monoisotopic (exact) mass is 403 g/mol. The Morgan fingerprint density at radius 3 is 2.57 bits per heavy atom. The number of benzene rings is 2. The number of hydrogen-bond acceptors (Lipinski definition) is 4. The molecule has 2 aromatic carbocycles. The lowest BCUT2D eigenvalue weighted by molar-refractivity contribution is -0.686. The number of nitrogens with zero attached hydrogens (tertiary/aromatic N) is 2. The van der Waals surface area contributed by atoms with Crippen molar-refractivity contribution in [2.75, 3.05) is 31.9 Å². The van der Waals surface area contributed by atoms with Crippen molar-refractivity contribution in [3.63, 3.8) is 0 Å². The van der Waals surface area contributed by atoms with Crippen molar-refractivity contribution < 1.29 is 18.8 Å². The molecule has 3 aromatic rings. The lowest BCUT2D eigenvalue weighted by Crippen LogP contribution is -2.40. The normalized spacial score (nSPS) is 17.4. The van der Waals surface area contributed by atoms with Crippen LogP contribution >= 0.6 is 0 Å². The van der Waals surface area contributed by atoms with Crippen LogP contribution in [0.25, 0.3) is 22.0 Å². The molecule has 0 bridgehead atoms. The first-order chi connectivity index (χ1) is 14.8. The Hall–Kier alpha value is -2.95. The van der Waals surface area contributed by atoms with Crippen molar-refractivity contribution in [2.45, 2.75) is 38.6 Å². The standard InChI is InChI=1S/C25H27N2O3/c1-28-22-7-6-17-12-21-19-14-24-23(29-16-30-24)13-18(19)8-11-27(21)15-20(17)25(22)26-9-4-2-3-5-10-26/h6-7,12-15H,2-5,8-11,16H2,1H3/q+1. The molecule has 6 rings (SSSR count). The maximum absolute atomic E-state index is 5.82. The molecule has 0 atom stereocenters. The highest BCUT2D eigenvalue weighted by Gasteiger charge is 2.29. The number of hydrogen-bond donors (Lipinski definition) is 0. The van der Waals surface area contributed by atoms with Crippen LogP contribution < -0.4 is 23.7 Å². The molecule has 5 nitrogen and oxygen atoms in total. The predicted molar refractivity (Wildman–Crippen MR) is 117 cm³/mol. The largest absolute Gasteiger partial charge is 0.495 e. The number of pyridine rings is 1. The molecule has 3 aliphatic rings. The molecule has 3 aliphatic heterocycles. The number of ether oxygens (including phenoxy) is 3. The van der Waals surface area contributed by atoms with Crippen LogP contribution in [0.1, 0.15) is 31.2 Å². The third kappa shape index (κ3) is 2.79. The first-order valence-electron chi connectivity index (χ1n) is 11.0. The number of rotatable bonds is 2. The molecular formula is C25H27N2O3+. The van der Waals surface area contributed by atoms with E-state index in [1.54, 1.807) is 7.11 Å². The van der Waals surface area contributed by atoms with Crippen molar-refractivity contribution in [3.05, 3.63) is 42.1 Å². The molecule has 0 radical (unpaired) electrons. The Morgan fingerprint density at radius 1 is 0.967 bits per heavy atom. The zero-order valence-corrected chi connectivity index (χ0v) is 17.4. The topological polar surface area (TPSA) is 34.8 Å². The van der Waals surface area contributed by atoms with E-state index in [0.29, 0.717) is 6.79 Å². The second-order valence-corrected chi connectivity index (χ2v) is 8.49. The first kappa shape index (κ1) is 17.9. The van der Waals surface area contributed by atoms with E-state index in [9.17, 15) is 0 Å². The van der Waals surface area contributed by atoms with E-state index >= 15 is 0 Å². The molecule has 5 heteroatoms. The molecule has 0 aliphatic carbocycles. The summed E-state index contributed by atoms with van der Waals surface area (Å²) in [7, 11) is 1.78. The zero-order valence-electron chi connectivity index (χ0n) is 17.4. The quantitative estimate of drug-likeness (QED) is 0.592. The minimum absolute atomic E-state index is 0.314. The van der Waals surface area contributed by atoms with Gasteiger partial charge in [-0.2, -0.15) is 4.57 Å². The van der Waals surface area contributed by atoms with Gasteiger partial charge in [0.15, 0.2) is 24.2 Å². The van der Waals surface area contributed by atoms with E-state index in [2.05, 4.69) is 46.0 Å². The molecule has 0 N–H and O–H groups in total. The van der Waals surface area contributed by atoms with Gasteiger partial charge < -0.3 is 19.1 Å². The highest BCUT2D eigenvalue weighted by Crippen LogP contribution is 2.42. The summed E-state index contributed by atoms with van der Waals surface area (Å²) >= 11 is 0. The Morgan fingerprint density at radius 2 is 1.77 bits per heavy atom. The van der Waals surface area contributed by atoms with Crippen molar-refractivity contribution in [2.24, 2.45) is 0 Å². The summed E-state index contributed by atoms with van der Waals surface area (Å²) in [6.45, 7) is 3.48. The van der Waals surface area contributed by atoms with Gasteiger partial charge in [0.2, 0.25) is 12.5 Å². The van der Waals surface area contributed by atoms with E-state index < -0.39 is 0 Å². The molecular weight excluding hydrogens is 376 g/mol. The first-order valence-corrected chi connectivity index (χ1v) is 11.0. The summed E-state index contributed by atoms with van der Waals surface area (Å²) < 4.78 is 19.5. The van der Waals surface area contributed by atoms with Gasteiger partial charge in [0.1, 0.15) is 5.75 Å². The van der Waals surface area contributed by atoms with Crippen LogP contribution in [0.2, 0.25) is 0 Å². The van der Waals surface area contributed by atoms with Crippen molar-refractivity contribution in [3.8, 4) is 28.5 Å². The van der Waals surface area contributed by atoms with Crippen LogP contribution in [0.4, 0.5) is 5.69 Å². The van der Waals surface area contributed by atoms with Crippen LogP contribution in [-0.4, -0.2) is 27.0 Å². The van der Waals surface area contributed by atoms with Crippen LogP contribution in [0.3, 0.4) is 0 Å². The van der Waals surface area contributed by atoms with E-state index in [-0.39, 0.29) is 0 Å². The summed E-state index contributed by atoms with van der Waals surface area (Å²) in [5, 5.41) is 2.54. The average Bonchev–Trinajstić information content (AvgIpc) is 3.07. The maximum Gasteiger partial charge on any atom is 0.231 e. The molecule has 154 valence electrons. The average molecular weight is 404 g/mol. The fraction of sp³-hybridized carbons (Fsp3) is 0.400. The minimum Gasteiger partial charge on any atom is -0.495 e. The van der Waals surface area contributed by atoms with Crippen molar-refractivity contribution in [1.29, 1.82) is 0 Å². The second-order valence-electron chi connectivity index (χ2n) is 8.49. The molecule has 0 saturated carbocycles. The number of fused-ring (bicyclic) bond motifs is 5. The van der Waals surface area contributed by atoms with Crippen molar-refractivity contribution in [1.82, 2.24) is 0 Å². The van der Waals surface area contributed by atoms with E-state index in [1.807, 2.05) is 0 Å². The van der Waals surface area contributed by atoms with Gasteiger partial charge in [-0.3, -0.25) is 0 Å².